The average Bonchev–Trinajstić information content (AvgIpc) is 2.62. The van der Waals surface area contributed by atoms with Crippen molar-refractivity contribution in [3.63, 3.8) is 0 Å². The largest absolute Gasteiger partial charge is 0.380 e. The van der Waals surface area contributed by atoms with Gasteiger partial charge in [-0.25, -0.2) is 4.39 Å². The summed E-state index contributed by atoms with van der Waals surface area (Å²) < 4.78 is 14.8. The normalized spacial score (nSPS) is 10.6. The van der Waals surface area contributed by atoms with Crippen LogP contribution in [0.3, 0.4) is 0 Å². The van der Waals surface area contributed by atoms with Crippen LogP contribution in [0.15, 0.2) is 24.4 Å². The van der Waals surface area contributed by atoms with E-state index in [1.165, 1.54) is 18.2 Å². The summed E-state index contributed by atoms with van der Waals surface area (Å²) >= 11 is 5.96. The molecule has 90 valence electrons. The van der Waals surface area contributed by atoms with Gasteiger partial charge in [-0.15, -0.1) is 0 Å². The van der Waals surface area contributed by atoms with Crippen LogP contribution in [-0.4, -0.2) is 9.78 Å². The van der Waals surface area contributed by atoms with Crippen LogP contribution in [0.2, 0.25) is 5.02 Å². The summed E-state index contributed by atoms with van der Waals surface area (Å²) in [6.07, 6.45) is 1.79. The molecule has 1 N–H and O–H groups in total. The van der Waals surface area contributed by atoms with Gasteiger partial charge in [0.25, 0.3) is 0 Å². The Balaban J connectivity index is 2.12. The van der Waals surface area contributed by atoms with Gasteiger partial charge >= 0.3 is 0 Å². The summed E-state index contributed by atoms with van der Waals surface area (Å²) in [6, 6.07) is 4.26. The Morgan fingerprint density at radius 2 is 2.24 bits per heavy atom. The molecule has 2 rings (SSSR count). The predicted molar refractivity (Wildman–Crippen MR) is 66.7 cm³/mol. The Morgan fingerprint density at radius 3 is 2.88 bits per heavy atom. The smallest absolute Gasteiger partial charge is 0.125 e. The second-order valence-electron chi connectivity index (χ2n) is 3.86. The highest BCUT2D eigenvalue weighted by atomic mass is 35.5. The van der Waals surface area contributed by atoms with Gasteiger partial charge in [-0.1, -0.05) is 11.6 Å². The molecule has 0 atom stereocenters. The van der Waals surface area contributed by atoms with Crippen molar-refractivity contribution in [3.05, 3.63) is 46.5 Å². The average molecular weight is 254 g/mol. The summed E-state index contributed by atoms with van der Waals surface area (Å²) in [5.74, 6) is -0.306. The van der Waals surface area contributed by atoms with Gasteiger partial charge in [0.2, 0.25) is 0 Å². The van der Waals surface area contributed by atoms with E-state index in [4.69, 9.17) is 11.6 Å². The molecule has 0 saturated heterocycles. The Morgan fingerprint density at radius 1 is 1.47 bits per heavy atom. The van der Waals surface area contributed by atoms with E-state index in [0.29, 0.717) is 17.3 Å². The van der Waals surface area contributed by atoms with Crippen molar-refractivity contribution < 1.29 is 4.39 Å². The van der Waals surface area contributed by atoms with E-state index >= 15 is 0 Å². The second kappa shape index (κ2) is 4.75. The molecule has 0 aliphatic rings. The fraction of sp³-hybridized carbons (Fsp3) is 0.250. The first kappa shape index (κ1) is 11.9. The Hall–Kier alpha value is -1.55. The molecule has 1 aromatic carbocycles. The van der Waals surface area contributed by atoms with E-state index in [1.807, 2.05) is 14.0 Å². The van der Waals surface area contributed by atoms with E-state index in [1.54, 1.807) is 10.9 Å². The number of nitrogens with one attached hydrogen (secondary N) is 1. The zero-order valence-electron chi connectivity index (χ0n) is 9.67. The van der Waals surface area contributed by atoms with Crippen LogP contribution in [-0.2, 0) is 13.6 Å². The van der Waals surface area contributed by atoms with Crippen LogP contribution in [0, 0.1) is 12.7 Å². The Labute approximate surface area is 104 Å². The van der Waals surface area contributed by atoms with Crippen LogP contribution in [0.4, 0.5) is 10.1 Å². The molecule has 0 unspecified atom stereocenters. The molecule has 0 amide bonds. The topological polar surface area (TPSA) is 29.9 Å². The SMILES string of the molecule is Cc1c(CNc2cc(F)ccc2Cl)cnn1C. The van der Waals surface area contributed by atoms with Crippen molar-refractivity contribution in [2.75, 3.05) is 5.32 Å². The number of hydrogen-bond donors (Lipinski definition) is 1. The van der Waals surface area contributed by atoms with Crippen molar-refractivity contribution in [2.45, 2.75) is 13.5 Å². The lowest BCUT2D eigenvalue weighted by atomic mass is 10.2. The first-order valence-electron chi connectivity index (χ1n) is 5.24. The standard InChI is InChI=1S/C12H13ClFN3/c1-8-9(7-16-17(8)2)6-15-12-5-10(14)3-4-11(12)13/h3-5,7,15H,6H2,1-2H3. The number of hydrogen-bond acceptors (Lipinski definition) is 2. The zero-order chi connectivity index (χ0) is 12.4. The third-order valence-corrected chi connectivity index (χ3v) is 3.06. The monoisotopic (exact) mass is 253 g/mol. The molecule has 1 heterocycles. The molecular formula is C12H13ClFN3. The van der Waals surface area contributed by atoms with E-state index in [2.05, 4.69) is 10.4 Å². The predicted octanol–water partition coefficient (Wildman–Crippen LogP) is 3.13. The molecule has 0 aliphatic heterocycles. The number of halogens is 2. The number of aryl methyl sites for hydroxylation is 1. The summed E-state index contributed by atoms with van der Waals surface area (Å²) in [5, 5.41) is 7.74. The molecule has 0 aliphatic carbocycles. The number of nitrogens with zero attached hydrogens (tertiary/aromatic N) is 2. The van der Waals surface area contributed by atoms with Crippen LogP contribution < -0.4 is 5.32 Å². The number of benzene rings is 1. The quantitative estimate of drug-likeness (QED) is 0.911. The molecule has 0 spiro atoms. The molecule has 0 saturated carbocycles. The van der Waals surface area contributed by atoms with Gasteiger partial charge in [-0.05, 0) is 25.1 Å². The van der Waals surface area contributed by atoms with Gasteiger partial charge in [-0.3, -0.25) is 4.68 Å². The van der Waals surface area contributed by atoms with Crippen molar-refractivity contribution >= 4 is 17.3 Å². The van der Waals surface area contributed by atoms with Crippen LogP contribution >= 0.6 is 11.6 Å². The minimum atomic E-state index is -0.306. The van der Waals surface area contributed by atoms with Crippen LogP contribution in [0.5, 0.6) is 0 Å². The van der Waals surface area contributed by atoms with Gasteiger partial charge < -0.3 is 5.32 Å². The first-order chi connectivity index (χ1) is 8.08. The van der Waals surface area contributed by atoms with Crippen LogP contribution in [0.25, 0.3) is 0 Å². The molecule has 0 fully saturated rings. The summed E-state index contributed by atoms with van der Waals surface area (Å²) in [5.41, 5.74) is 2.73. The molecule has 0 radical (unpaired) electrons. The zero-order valence-corrected chi connectivity index (χ0v) is 10.4. The maximum atomic E-state index is 13.0. The third kappa shape index (κ3) is 2.58. The van der Waals surface area contributed by atoms with Gasteiger partial charge in [0.05, 0.1) is 16.9 Å². The lowest BCUT2D eigenvalue weighted by Crippen LogP contribution is -2.02. The summed E-state index contributed by atoms with van der Waals surface area (Å²) in [7, 11) is 1.88. The molecular weight excluding hydrogens is 241 g/mol. The van der Waals surface area contributed by atoms with E-state index in [0.717, 1.165) is 11.3 Å². The Bertz CT molecular complexity index is 537. The van der Waals surface area contributed by atoms with Crippen LogP contribution in [0.1, 0.15) is 11.3 Å². The minimum absolute atomic E-state index is 0.306. The third-order valence-electron chi connectivity index (χ3n) is 2.73. The molecule has 3 nitrogen and oxygen atoms in total. The van der Waals surface area contributed by atoms with Crippen molar-refractivity contribution in [2.24, 2.45) is 7.05 Å². The van der Waals surface area contributed by atoms with Gasteiger partial charge in [0.1, 0.15) is 5.82 Å². The second-order valence-corrected chi connectivity index (χ2v) is 4.26. The molecule has 1 aromatic heterocycles. The first-order valence-corrected chi connectivity index (χ1v) is 5.62. The van der Waals surface area contributed by atoms with Crippen molar-refractivity contribution in [3.8, 4) is 0 Å². The van der Waals surface area contributed by atoms with E-state index in [9.17, 15) is 4.39 Å². The summed E-state index contributed by atoms with van der Waals surface area (Å²) in [4.78, 5) is 0. The minimum Gasteiger partial charge on any atom is -0.380 e. The highest BCUT2D eigenvalue weighted by Crippen LogP contribution is 2.23. The fourth-order valence-corrected chi connectivity index (χ4v) is 1.73. The molecule has 2 aromatic rings. The van der Waals surface area contributed by atoms with Gasteiger partial charge in [0.15, 0.2) is 0 Å². The fourth-order valence-electron chi connectivity index (χ4n) is 1.54. The number of aromatic nitrogens is 2. The molecule has 5 heteroatoms. The van der Waals surface area contributed by atoms with Crippen molar-refractivity contribution in [1.29, 1.82) is 0 Å². The lowest BCUT2D eigenvalue weighted by molar-refractivity contribution is 0.628. The van der Waals surface area contributed by atoms with Gasteiger partial charge in [0, 0.05) is 24.8 Å². The highest BCUT2D eigenvalue weighted by Gasteiger charge is 2.05. The highest BCUT2D eigenvalue weighted by molar-refractivity contribution is 6.33. The lowest BCUT2D eigenvalue weighted by Gasteiger charge is -2.08. The molecule has 0 bridgehead atoms. The number of anilines is 1. The van der Waals surface area contributed by atoms with Crippen molar-refractivity contribution in [1.82, 2.24) is 9.78 Å². The Kier molecular flexibility index (Phi) is 3.33. The van der Waals surface area contributed by atoms with Gasteiger partial charge in [-0.2, -0.15) is 5.10 Å². The van der Waals surface area contributed by atoms with E-state index in [-0.39, 0.29) is 5.82 Å². The van der Waals surface area contributed by atoms with E-state index < -0.39 is 0 Å². The number of rotatable bonds is 3. The summed E-state index contributed by atoms with van der Waals surface area (Å²) in [6.45, 7) is 2.56. The maximum Gasteiger partial charge on any atom is 0.125 e. The molecule has 17 heavy (non-hydrogen) atoms. The maximum absolute atomic E-state index is 13.0.